The summed E-state index contributed by atoms with van der Waals surface area (Å²) in [4.78, 5) is 31.7. The number of hydrogen-bond acceptors (Lipinski definition) is 3. The zero-order valence-corrected chi connectivity index (χ0v) is 15.5. The molecule has 5 nitrogen and oxygen atoms in total. The van der Waals surface area contributed by atoms with Crippen LogP contribution in [0.15, 0.2) is 23.0 Å². The Morgan fingerprint density at radius 2 is 1.96 bits per heavy atom. The molecule has 6 heteroatoms. The van der Waals surface area contributed by atoms with Gasteiger partial charge in [0.1, 0.15) is 5.82 Å². The lowest BCUT2D eigenvalue weighted by Crippen LogP contribution is -2.48. The largest absolute Gasteiger partial charge is 0.340 e. The molecule has 0 radical (unpaired) electrons. The lowest BCUT2D eigenvalue weighted by Gasteiger charge is -2.34. The summed E-state index contributed by atoms with van der Waals surface area (Å²) in [6.45, 7) is 8.46. The molecule has 0 atom stereocenters. The third kappa shape index (κ3) is 3.96. The number of hydrogen-bond donors (Lipinski definition) is 1. The van der Waals surface area contributed by atoms with Crippen LogP contribution in [0, 0.1) is 12.7 Å². The van der Waals surface area contributed by atoms with E-state index in [2.05, 4.69) is 16.8 Å². The molecule has 0 unspecified atom stereocenters. The molecule has 1 aliphatic heterocycles. The lowest BCUT2D eigenvalue weighted by atomic mass is 10.0. The number of aromatic amines is 1. The Balaban J connectivity index is 1.66. The minimum atomic E-state index is -0.514. The topological polar surface area (TPSA) is 56.4 Å². The number of aromatic nitrogens is 1. The average Bonchev–Trinajstić information content (AvgIpc) is 2.63. The third-order valence-corrected chi connectivity index (χ3v) is 5.11. The summed E-state index contributed by atoms with van der Waals surface area (Å²) < 4.78 is 13.9. The number of H-pyrrole nitrogens is 1. The number of benzene rings is 1. The van der Waals surface area contributed by atoms with Crippen molar-refractivity contribution in [1.82, 2.24) is 14.8 Å². The number of carbonyl (C=O) groups excluding carboxylic acids is 1. The molecule has 1 aromatic heterocycles. The Labute approximate surface area is 152 Å². The molecule has 0 spiro atoms. The molecule has 0 aliphatic carbocycles. The highest BCUT2D eigenvalue weighted by molar-refractivity contribution is 5.85. The van der Waals surface area contributed by atoms with Crippen molar-refractivity contribution in [2.24, 2.45) is 0 Å². The maximum atomic E-state index is 13.9. The smallest absolute Gasteiger partial charge is 0.259 e. The minimum Gasteiger partial charge on any atom is -0.340 e. The number of nitrogens with zero attached hydrogens (tertiary/aromatic N) is 2. The van der Waals surface area contributed by atoms with E-state index >= 15 is 0 Å². The zero-order chi connectivity index (χ0) is 18.7. The number of halogens is 1. The van der Waals surface area contributed by atoms with E-state index in [1.54, 1.807) is 12.1 Å². The average molecular weight is 359 g/mol. The van der Waals surface area contributed by atoms with Gasteiger partial charge in [0.05, 0.1) is 5.39 Å². The summed E-state index contributed by atoms with van der Waals surface area (Å²) in [5.41, 5.74) is 1.10. The lowest BCUT2D eigenvalue weighted by molar-refractivity contribution is -0.132. The molecule has 1 N–H and O–H groups in total. The molecule has 1 aliphatic rings. The first kappa shape index (κ1) is 18.6. The van der Waals surface area contributed by atoms with Crippen LogP contribution in [0.3, 0.4) is 0 Å². The van der Waals surface area contributed by atoms with Gasteiger partial charge in [-0.25, -0.2) is 4.39 Å². The van der Waals surface area contributed by atoms with Crippen molar-refractivity contribution in [3.05, 3.63) is 45.6 Å². The van der Waals surface area contributed by atoms with Gasteiger partial charge >= 0.3 is 0 Å². The van der Waals surface area contributed by atoms with Gasteiger partial charge in [0.2, 0.25) is 5.91 Å². The summed E-state index contributed by atoms with van der Waals surface area (Å²) in [6.07, 6.45) is 1.93. The summed E-state index contributed by atoms with van der Waals surface area (Å²) >= 11 is 0. The number of amides is 1. The van der Waals surface area contributed by atoms with Crippen molar-refractivity contribution in [2.45, 2.75) is 33.1 Å². The van der Waals surface area contributed by atoms with E-state index in [0.29, 0.717) is 23.9 Å². The van der Waals surface area contributed by atoms with Gasteiger partial charge in [-0.2, -0.15) is 0 Å². The molecule has 2 aromatic rings. The van der Waals surface area contributed by atoms with Crippen molar-refractivity contribution in [1.29, 1.82) is 0 Å². The highest BCUT2D eigenvalue weighted by Crippen LogP contribution is 2.19. The van der Waals surface area contributed by atoms with E-state index in [-0.39, 0.29) is 11.3 Å². The first-order valence-corrected chi connectivity index (χ1v) is 9.30. The quantitative estimate of drug-likeness (QED) is 0.892. The van der Waals surface area contributed by atoms with E-state index in [4.69, 9.17) is 0 Å². The molecule has 0 bridgehead atoms. The Bertz CT molecular complexity index is 854. The first-order chi connectivity index (χ1) is 12.5. The summed E-state index contributed by atoms with van der Waals surface area (Å²) in [7, 11) is 0. The second-order valence-electron chi connectivity index (χ2n) is 7.00. The van der Waals surface area contributed by atoms with E-state index < -0.39 is 11.4 Å². The monoisotopic (exact) mass is 359 g/mol. The first-order valence-electron chi connectivity index (χ1n) is 9.30. The highest BCUT2D eigenvalue weighted by Gasteiger charge is 2.20. The highest BCUT2D eigenvalue weighted by atomic mass is 19.1. The molecular weight excluding hydrogens is 333 g/mol. The SMILES string of the molecule is CCCN1CCN(C(=O)CCc2cc3c(C)ccc(F)c3c(=O)[nH]2)CC1. The number of aryl methyl sites for hydroxylation is 2. The normalized spacial score (nSPS) is 15.6. The Hall–Kier alpha value is -2.21. The summed E-state index contributed by atoms with van der Waals surface area (Å²) in [5.74, 6) is -0.405. The molecule has 140 valence electrons. The van der Waals surface area contributed by atoms with Gasteiger partial charge < -0.3 is 9.88 Å². The number of fused-ring (bicyclic) bond motifs is 1. The molecule has 1 saturated heterocycles. The van der Waals surface area contributed by atoms with Crippen LogP contribution in [0.25, 0.3) is 10.8 Å². The minimum absolute atomic E-state index is 0.0899. The number of piperazine rings is 1. The molecule has 2 heterocycles. The molecule has 26 heavy (non-hydrogen) atoms. The van der Waals surface area contributed by atoms with Crippen LogP contribution in [0.5, 0.6) is 0 Å². The van der Waals surface area contributed by atoms with Crippen molar-refractivity contribution in [3.63, 3.8) is 0 Å². The van der Waals surface area contributed by atoms with E-state index in [9.17, 15) is 14.0 Å². The molecule has 0 saturated carbocycles. The van der Waals surface area contributed by atoms with Gasteiger partial charge in [-0.15, -0.1) is 0 Å². The Kier molecular flexibility index (Phi) is 5.71. The van der Waals surface area contributed by atoms with Gasteiger partial charge in [-0.3, -0.25) is 14.5 Å². The van der Waals surface area contributed by atoms with Crippen LogP contribution in [0.1, 0.15) is 31.0 Å². The number of carbonyl (C=O) groups is 1. The van der Waals surface area contributed by atoms with Crippen LogP contribution < -0.4 is 5.56 Å². The zero-order valence-electron chi connectivity index (χ0n) is 15.5. The molecule has 1 fully saturated rings. The summed E-state index contributed by atoms with van der Waals surface area (Å²) in [5, 5.41) is 0.705. The second-order valence-corrected chi connectivity index (χ2v) is 7.00. The van der Waals surface area contributed by atoms with E-state index in [1.165, 1.54) is 6.07 Å². The van der Waals surface area contributed by atoms with Gasteiger partial charge in [0, 0.05) is 38.3 Å². The predicted octanol–water partition coefficient (Wildman–Crippen LogP) is 2.46. The van der Waals surface area contributed by atoms with Crippen molar-refractivity contribution >= 4 is 16.7 Å². The standard InChI is InChI=1S/C20H26FN3O2/c1-3-8-23-9-11-24(12-10-23)18(25)7-5-15-13-16-14(2)4-6-17(21)19(16)20(26)22-15/h4,6,13H,3,5,7-12H2,1-2H3,(H,22,26). The fourth-order valence-electron chi connectivity index (χ4n) is 3.60. The molecule has 1 amide bonds. The Morgan fingerprint density at radius 3 is 2.65 bits per heavy atom. The molecular formula is C20H26FN3O2. The molecule has 1 aromatic carbocycles. The van der Waals surface area contributed by atoms with Gasteiger partial charge in [0.15, 0.2) is 0 Å². The number of nitrogens with one attached hydrogen (secondary N) is 1. The van der Waals surface area contributed by atoms with Crippen LogP contribution in [-0.4, -0.2) is 53.4 Å². The van der Waals surface area contributed by atoms with E-state index in [0.717, 1.165) is 44.7 Å². The fourth-order valence-corrected chi connectivity index (χ4v) is 3.60. The van der Waals surface area contributed by atoms with Crippen LogP contribution in [0.4, 0.5) is 4.39 Å². The maximum absolute atomic E-state index is 13.9. The third-order valence-electron chi connectivity index (χ3n) is 5.11. The van der Waals surface area contributed by atoms with Crippen LogP contribution >= 0.6 is 0 Å². The van der Waals surface area contributed by atoms with Gasteiger partial charge in [-0.05, 0) is 49.4 Å². The fraction of sp³-hybridized carbons (Fsp3) is 0.500. The second kappa shape index (κ2) is 7.99. The maximum Gasteiger partial charge on any atom is 0.259 e. The molecule has 3 rings (SSSR count). The van der Waals surface area contributed by atoms with Gasteiger partial charge in [-0.1, -0.05) is 13.0 Å². The number of pyridine rings is 1. The van der Waals surface area contributed by atoms with Crippen molar-refractivity contribution < 1.29 is 9.18 Å². The predicted molar refractivity (Wildman–Crippen MR) is 101 cm³/mol. The Morgan fingerprint density at radius 1 is 1.23 bits per heavy atom. The summed E-state index contributed by atoms with van der Waals surface area (Å²) in [6, 6.07) is 4.78. The number of rotatable bonds is 5. The van der Waals surface area contributed by atoms with Gasteiger partial charge in [0.25, 0.3) is 5.56 Å². The van der Waals surface area contributed by atoms with Crippen LogP contribution in [-0.2, 0) is 11.2 Å². The van der Waals surface area contributed by atoms with Crippen molar-refractivity contribution in [2.75, 3.05) is 32.7 Å². The van der Waals surface area contributed by atoms with Crippen LogP contribution in [0.2, 0.25) is 0 Å². The van der Waals surface area contributed by atoms with E-state index in [1.807, 2.05) is 11.8 Å². The van der Waals surface area contributed by atoms with Crippen molar-refractivity contribution in [3.8, 4) is 0 Å².